The molecule has 0 saturated heterocycles. The highest BCUT2D eigenvalue weighted by molar-refractivity contribution is 5.96. The summed E-state index contributed by atoms with van der Waals surface area (Å²) >= 11 is 0. The van der Waals surface area contributed by atoms with Crippen LogP contribution in [0, 0.1) is 0 Å². The summed E-state index contributed by atoms with van der Waals surface area (Å²) in [5.41, 5.74) is 2.76. The van der Waals surface area contributed by atoms with Crippen molar-refractivity contribution in [3.05, 3.63) is 22.9 Å². The molecule has 2 heterocycles. The Balaban J connectivity index is 2.59. The summed E-state index contributed by atoms with van der Waals surface area (Å²) < 4.78 is 4.87. The number of pyridine rings is 1. The van der Waals surface area contributed by atoms with Crippen molar-refractivity contribution in [2.75, 3.05) is 32.6 Å². The quantitative estimate of drug-likeness (QED) is 0.760. The molecule has 0 spiro atoms. The number of nitrogens with one attached hydrogen (secondary N) is 1. The van der Waals surface area contributed by atoms with E-state index in [0.717, 1.165) is 30.6 Å². The van der Waals surface area contributed by atoms with Gasteiger partial charge < -0.3 is 15.0 Å². The highest BCUT2D eigenvalue weighted by Gasteiger charge is 2.24. The molecule has 5 nitrogen and oxygen atoms in total. The zero-order chi connectivity index (χ0) is 12.4. The van der Waals surface area contributed by atoms with E-state index >= 15 is 0 Å². The van der Waals surface area contributed by atoms with Crippen LogP contribution in [0.15, 0.2) is 6.20 Å². The number of ether oxygens (including phenoxy) is 1. The number of rotatable bonds is 2. The van der Waals surface area contributed by atoms with Gasteiger partial charge in [-0.25, -0.2) is 9.78 Å². The van der Waals surface area contributed by atoms with E-state index in [9.17, 15) is 4.79 Å². The second kappa shape index (κ2) is 4.71. The minimum absolute atomic E-state index is 0.306. The van der Waals surface area contributed by atoms with Crippen LogP contribution in [0.5, 0.6) is 0 Å². The van der Waals surface area contributed by atoms with Gasteiger partial charge in [-0.15, -0.1) is 0 Å². The van der Waals surface area contributed by atoms with Crippen LogP contribution >= 0.6 is 0 Å². The second-order valence-corrected chi connectivity index (χ2v) is 4.27. The molecule has 2 rings (SSSR count). The SMILES string of the molecule is COC(=O)c1c(N(C)C)ncc2c1CCNC2. The van der Waals surface area contributed by atoms with Crippen LogP contribution in [0.1, 0.15) is 21.5 Å². The molecule has 1 aromatic rings. The summed E-state index contributed by atoms with van der Waals surface area (Å²) in [6.07, 6.45) is 2.67. The number of anilines is 1. The molecule has 1 aliphatic rings. The second-order valence-electron chi connectivity index (χ2n) is 4.27. The molecule has 0 bridgehead atoms. The van der Waals surface area contributed by atoms with E-state index in [-0.39, 0.29) is 5.97 Å². The number of esters is 1. The summed E-state index contributed by atoms with van der Waals surface area (Å²) in [7, 11) is 5.16. The highest BCUT2D eigenvalue weighted by atomic mass is 16.5. The Kier molecular flexibility index (Phi) is 3.28. The van der Waals surface area contributed by atoms with Crippen molar-refractivity contribution >= 4 is 11.8 Å². The number of nitrogens with zero attached hydrogens (tertiary/aromatic N) is 2. The Labute approximate surface area is 101 Å². The van der Waals surface area contributed by atoms with Crippen LogP contribution in [0.3, 0.4) is 0 Å². The van der Waals surface area contributed by atoms with Crippen molar-refractivity contribution in [1.82, 2.24) is 10.3 Å². The van der Waals surface area contributed by atoms with Crippen molar-refractivity contribution in [2.24, 2.45) is 0 Å². The van der Waals surface area contributed by atoms with Gasteiger partial charge in [0.25, 0.3) is 0 Å². The lowest BCUT2D eigenvalue weighted by Crippen LogP contribution is -2.28. The molecule has 0 fully saturated rings. The standard InChI is InChI=1S/C12H17N3O2/c1-15(2)11-10(12(16)17-3)9-4-5-13-6-8(9)7-14-11/h7,13H,4-6H2,1-3H3. The van der Waals surface area contributed by atoms with Gasteiger partial charge in [-0.3, -0.25) is 0 Å². The van der Waals surface area contributed by atoms with Gasteiger partial charge in [0.2, 0.25) is 0 Å². The van der Waals surface area contributed by atoms with Gasteiger partial charge in [0.1, 0.15) is 11.4 Å². The monoisotopic (exact) mass is 235 g/mol. The third-order valence-electron chi connectivity index (χ3n) is 2.94. The van der Waals surface area contributed by atoms with Crippen LogP contribution in [0.25, 0.3) is 0 Å². The fraction of sp³-hybridized carbons (Fsp3) is 0.500. The van der Waals surface area contributed by atoms with Crippen LogP contribution < -0.4 is 10.2 Å². The zero-order valence-corrected chi connectivity index (χ0v) is 10.4. The van der Waals surface area contributed by atoms with E-state index in [1.165, 1.54) is 7.11 Å². The first-order chi connectivity index (χ1) is 8.15. The van der Waals surface area contributed by atoms with Gasteiger partial charge in [0.15, 0.2) is 0 Å². The number of carbonyl (C=O) groups excluding carboxylic acids is 1. The lowest BCUT2D eigenvalue weighted by molar-refractivity contribution is 0.0599. The zero-order valence-electron chi connectivity index (χ0n) is 10.4. The fourth-order valence-electron chi connectivity index (χ4n) is 2.11. The fourth-order valence-corrected chi connectivity index (χ4v) is 2.11. The van der Waals surface area contributed by atoms with E-state index in [1.54, 1.807) is 0 Å². The number of fused-ring (bicyclic) bond motifs is 1. The Morgan fingerprint density at radius 2 is 2.29 bits per heavy atom. The number of hydrogen-bond donors (Lipinski definition) is 1. The number of carbonyl (C=O) groups is 1. The van der Waals surface area contributed by atoms with Crippen LogP contribution in [-0.2, 0) is 17.7 Å². The Morgan fingerprint density at radius 3 is 2.94 bits per heavy atom. The molecule has 0 unspecified atom stereocenters. The predicted octanol–water partition coefficient (Wildman–Crippen LogP) is 0.580. The molecular weight excluding hydrogens is 218 g/mol. The Hall–Kier alpha value is -1.62. The van der Waals surface area contributed by atoms with Crippen molar-refractivity contribution in [1.29, 1.82) is 0 Å². The van der Waals surface area contributed by atoms with E-state index in [2.05, 4.69) is 10.3 Å². The summed E-state index contributed by atoms with van der Waals surface area (Å²) in [4.78, 5) is 18.1. The third kappa shape index (κ3) is 2.10. The van der Waals surface area contributed by atoms with Gasteiger partial charge in [0.05, 0.1) is 7.11 Å². The maximum absolute atomic E-state index is 11.9. The van der Waals surface area contributed by atoms with E-state index < -0.39 is 0 Å². The molecule has 0 aliphatic carbocycles. The molecule has 0 atom stereocenters. The average Bonchev–Trinajstić information content (AvgIpc) is 2.36. The van der Waals surface area contributed by atoms with Gasteiger partial charge >= 0.3 is 5.97 Å². The van der Waals surface area contributed by atoms with E-state index in [4.69, 9.17) is 4.74 Å². The molecular formula is C12H17N3O2. The predicted molar refractivity (Wildman–Crippen MR) is 65.3 cm³/mol. The van der Waals surface area contributed by atoms with Crippen molar-refractivity contribution in [2.45, 2.75) is 13.0 Å². The summed E-state index contributed by atoms with van der Waals surface area (Å²) in [6.45, 7) is 1.65. The molecule has 92 valence electrons. The van der Waals surface area contributed by atoms with E-state index in [1.807, 2.05) is 25.2 Å². The first kappa shape index (κ1) is 11.9. The minimum Gasteiger partial charge on any atom is -0.465 e. The highest BCUT2D eigenvalue weighted by Crippen LogP contribution is 2.26. The van der Waals surface area contributed by atoms with Crippen LogP contribution in [0.2, 0.25) is 0 Å². The molecule has 0 saturated carbocycles. The molecule has 0 aromatic carbocycles. The molecule has 5 heteroatoms. The van der Waals surface area contributed by atoms with Crippen molar-refractivity contribution in [3.8, 4) is 0 Å². The number of hydrogen-bond acceptors (Lipinski definition) is 5. The summed E-state index contributed by atoms with van der Waals surface area (Å²) in [5, 5.41) is 3.27. The Morgan fingerprint density at radius 1 is 1.53 bits per heavy atom. The maximum atomic E-state index is 11.9. The lowest BCUT2D eigenvalue weighted by atomic mass is 9.97. The normalized spacial score (nSPS) is 14.1. The van der Waals surface area contributed by atoms with Crippen molar-refractivity contribution < 1.29 is 9.53 Å². The minimum atomic E-state index is -0.306. The lowest BCUT2D eigenvalue weighted by Gasteiger charge is -2.23. The van der Waals surface area contributed by atoms with E-state index in [0.29, 0.717) is 11.4 Å². The molecule has 0 amide bonds. The Bertz CT molecular complexity index is 444. The van der Waals surface area contributed by atoms with Gasteiger partial charge in [-0.05, 0) is 24.1 Å². The van der Waals surface area contributed by atoms with Gasteiger partial charge in [0, 0.05) is 26.8 Å². The smallest absolute Gasteiger partial charge is 0.341 e. The average molecular weight is 235 g/mol. The topological polar surface area (TPSA) is 54.5 Å². The maximum Gasteiger partial charge on any atom is 0.341 e. The number of aromatic nitrogens is 1. The van der Waals surface area contributed by atoms with Crippen molar-refractivity contribution in [3.63, 3.8) is 0 Å². The first-order valence-corrected chi connectivity index (χ1v) is 5.62. The van der Waals surface area contributed by atoms with Gasteiger partial charge in [-0.2, -0.15) is 0 Å². The van der Waals surface area contributed by atoms with Gasteiger partial charge in [-0.1, -0.05) is 0 Å². The third-order valence-corrected chi connectivity index (χ3v) is 2.94. The van der Waals surface area contributed by atoms with Crippen LogP contribution in [0.4, 0.5) is 5.82 Å². The largest absolute Gasteiger partial charge is 0.465 e. The molecule has 1 N–H and O–H groups in total. The summed E-state index contributed by atoms with van der Waals surface area (Å²) in [6, 6.07) is 0. The molecule has 1 aliphatic heterocycles. The number of methoxy groups -OCH3 is 1. The van der Waals surface area contributed by atoms with Crippen LogP contribution in [-0.4, -0.2) is 38.7 Å². The first-order valence-electron chi connectivity index (χ1n) is 5.62. The molecule has 0 radical (unpaired) electrons. The summed E-state index contributed by atoms with van der Waals surface area (Å²) in [5.74, 6) is 0.373. The molecule has 1 aromatic heterocycles. The molecule has 17 heavy (non-hydrogen) atoms.